The van der Waals surface area contributed by atoms with Gasteiger partial charge in [-0.25, -0.2) is 4.79 Å². The van der Waals surface area contributed by atoms with Crippen LogP contribution in [0.1, 0.15) is 50.8 Å². The molecule has 1 fully saturated rings. The minimum absolute atomic E-state index is 0.0772. The lowest BCUT2D eigenvalue weighted by Gasteiger charge is -2.29. The molecule has 1 unspecified atom stereocenters. The molecule has 2 rings (SSSR count). The van der Waals surface area contributed by atoms with E-state index in [1.54, 1.807) is 0 Å². The van der Waals surface area contributed by atoms with E-state index in [1.165, 1.54) is 0 Å². The highest BCUT2D eigenvalue weighted by Gasteiger charge is 2.33. The highest BCUT2D eigenvalue weighted by molar-refractivity contribution is 5.69. The van der Waals surface area contributed by atoms with E-state index in [2.05, 4.69) is 6.07 Å². The number of carbonyl (C=O) groups is 1. The van der Waals surface area contributed by atoms with E-state index in [0.29, 0.717) is 0 Å². The summed E-state index contributed by atoms with van der Waals surface area (Å²) in [6, 6.07) is 5.97. The van der Waals surface area contributed by atoms with Crippen LogP contribution in [-0.2, 0) is 4.74 Å². The molecule has 4 nitrogen and oxygen atoms in total. The second-order valence-corrected chi connectivity index (χ2v) is 6.39. The average molecular weight is 276 g/mol. The van der Waals surface area contributed by atoms with Crippen molar-refractivity contribution in [3.8, 4) is 0 Å². The van der Waals surface area contributed by atoms with Gasteiger partial charge >= 0.3 is 6.09 Å². The molecule has 0 saturated carbocycles. The number of carbonyl (C=O) groups excluding carboxylic acids is 1. The van der Waals surface area contributed by atoms with Gasteiger partial charge in [0.2, 0.25) is 0 Å². The van der Waals surface area contributed by atoms with Crippen LogP contribution in [-0.4, -0.2) is 23.1 Å². The normalized spacial score (nSPS) is 19.2. The number of benzene rings is 1. The van der Waals surface area contributed by atoms with E-state index in [0.717, 1.165) is 36.2 Å². The molecule has 4 heteroatoms. The van der Waals surface area contributed by atoms with E-state index >= 15 is 0 Å². The van der Waals surface area contributed by atoms with Crippen LogP contribution in [0.2, 0.25) is 0 Å². The fourth-order valence-corrected chi connectivity index (χ4v) is 2.66. The molecule has 1 saturated heterocycles. The predicted octanol–water partition coefficient (Wildman–Crippen LogP) is 3.65. The van der Waals surface area contributed by atoms with Gasteiger partial charge in [0.1, 0.15) is 5.60 Å². The number of nitrogens with zero attached hydrogens (tertiary/aromatic N) is 1. The second kappa shape index (κ2) is 5.35. The molecule has 110 valence electrons. The maximum Gasteiger partial charge on any atom is 0.410 e. The van der Waals surface area contributed by atoms with Crippen LogP contribution >= 0.6 is 0 Å². The number of likely N-dealkylation sites (tertiary alicyclic amines) is 1. The fourth-order valence-electron chi connectivity index (χ4n) is 2.66. The molecule has 0 aromatic heterocycles. The van der Waals surface area contributed by atoms with Crippen molar-refractivity contribution >= 4 is 11.8 Å². The lowest BCUT2D eigenvalue weighted by molar-refractivity contribution is 0.0224. The third kappa shape index (κ3) is 3.06. The number of nitrogen functional groups attached to an aromatic ring is 1. The summed E-state index contributed by atoms with van der Waals surface area (Å²) < 4.78 is 5.50. The van der Waals surface area contributed by atoms with Gasteiger partial charge in [-0.2, -0.15) is 0 Å². The van der Waals surface area contributed by atoms with Gasteiger partial charge in [0.25, 0.3) is 0 Å². The van der Waals surface area contributed by atoms with Crippen molar-refractivity contribution < 1.29 is 9.53 Å². The summed E-state index contributed by atoms with van der Waals surface area (Å²) in [4.78, 5) is 14.1. The molecule has 0 bridgehead atoms. The Kier molecular flexibility index (Phi) is 3.93. The molecule has 1 aromatic carbocycles. The van der Waals surface area contributed by atoms with Crippen molar-refractivity contribution in [2.24, 2.45) is 0 Å². The second-order valence-electron chi connectivity index (χ2n) is 6.39. The highest BCUT2D eigenvalue weighted by Crippen LogP contribution is 2.36. The molecule has 1 amide bonds. The van der Waals surface area contributed by atoms with Crippen LogP contribution < -0.4 is 5.73 Å². The Hall–Kier alpha value is -1.71. The van der Waals surface area contributed by atoms with Crippen LogP contribution in [0.25, 0.3) is 0 Å². The molecule has 0 aliphatic carbocycles. The van der Waals surface area contributed by atoms with Crippen LogP contribution in [0.15, 0.2) is 18.2 Å². The van der Waals surface area contributed by atoms with Gasteiger partial charge in [0.15, 0.2) is 0 Å². The fraction of sp³-hybridized carbons (Fsp3) is 0.562. The monoisotopic (exact) mass is 276 g/mol. The van der Waals surface area contributed by atoms with Crippen LogP contribution in [0.4, 0.5) is 10.5 Å². The number of amides is 1. The molecule has 1 aliphatic heterocycles. The molecule has 0 spiro atoms. The molecule has 1 atom stereocenters. The maximum atomic E-state index is 12.3. The largest absolute Gasteiger partial charge is 0.444 e. The van der Waals surface area contributed by atoms with E-state index in [1.807, 2.05) is 44.7 Å². The zero-order valence-electron chi connectivity index (χ0n) is 12.8. The van der Waals surface area contributed by atoms with Gasteiger partial charge in [-0.3, -0.25) is 0 Å². The summed E-state index contributed by atoms with van der Waals surface area (Å²) >= 11 is 0. The van der Waals surface area contributed by atoms with Crippen LogP contribution in [0.3, 0.4) is 0 Å². The Balaban J connectivity index is 2.23. The lowest BCUT2D eigenvalue weighted by atomic mass is 9.98. The number of anilines is 1. The first kappa shape index (κ1) is 14.7. The predicted molar refractivity (Wildman–Crippen MR) is 80.5 cm³/mol. The van der Waals surface area contributed by atoms with Crippen LogP contribution in [0.5, 0.6) is 0 Å². The zero-order valence-corrected chi connectivity index (χ0v) is 12.8. The molecule has 1 aromatic rings. The van der Waals surface area contributed by atoms with Crippen LogP contribution in [0, 0.1) is 6.92 Å². The lowest BCUT2D eigenvalue weighted by Crippen LogP contribution is -2.36. The van der Waals surface area contributed by atoms with Gasteiger partial charge in [-0.1, -0.05) is 12.1 Å². The molecular weight excluding hydrogens is 252 g/mol. The zero-order chi connectivity index (χ0) is 14.9. The van der Waals surface area contributed by atoms with E-state index in [-0.39, 0.29) is 12.1 Å². The van der Waals surface area contributed by atoms with Crippen molar-refractivity contribution in [2.45, 2.75) is 52.2 Å². The molecule has 20 heavy (non-hydrogen) atoms. The number of ether oxygens (including phenoxy) is 1. The summed E-state index contributed by atoms with van der Waals surface area (Å²) in [5, 5.41) is 0. The van der Waals surface area contributed by atoms with E-state index in [4.69, 9.17) is 10.5 Å². The highest BCUT2D eigenvalue weighted by atomic mass is 16.6. The van der Waals surface area contributed by atoms with E-state index in [9.17, 15) is 4.79 Å². The van der Waals surface area contributed by atoms with Gasteiger partial charge in [0, 0.05) is 12.2 Å². The SMILES string of the molecule is Cc1c(N)cccc1C1CCCN1C(=O)OC(C)(C)C. The Labute approximate surface area is 120 Å². The number of rotatable bonds is 1. The molecular formula is C16H24N2O2. The number of hydrogen-bond acceptors (Lipinski definition) is 3. The Morgan fingerprint density at radius 3 is 2.75 bits per heavy atom. The minimum Gasteiger partial charge on any atom is -0.444 e. The smallest absolute Gasteiger partial charge is 0.410 e. The molecule has 1 heterocycles. The van der Waals surface area contributed by atoms with Crippen molar-refractivity contribution in [1.29, 1.82) is 0 Å². The van der Waals surface area contributed by atoms with Crippen molar-refractivity contribution in [1.82, 2.24) is 4.90 Å². The molecule has 2 N–H and O–H groups in total. The summed E-state index contributed by atoms with van der Waals surface area (Å²) in [6.45, 7) is 8.43. The summed E-state index contributed by atoms with van der Waals surface area (Å²) in [6.07, 6.45) is 1.73. The average Bonchev–Trinajstić information content (AvgIpc) is 2.79. The van der Waals surface area contributed by atoms with Crippen molar-refractivity contribution in [3.05, 3.63) is 29.3 Å². The van der Waals surface area contributed by atoms with Gasteiger partial charge in [-0.15, -0.1) is 0 Å². The first-order valence-electron chi connectivity index (χ1n) is 7.14. The Morgan fingerprint density at radius 1 is 1.40 bits per heavy atom. The third-order valence-electron chi connectivity index (χ3n) is 3.66. The van der Waals surface area contributed by atoms with Gasteiger partial charge in [0.05, 0.1) is 6.04 Å². The van der Waals surface area contributed by atoms with Gasteiger partial charge in [-0.05, 0) is 57.7 Å². The van der Waals surface area contributed by atoms with Crippen molar-refractivity contribution in [3.63, 3.8) is 0 Å². The Bertz CT molecular complexity index is 506. The third-order valence-corrected chi connectivity index (χ3v) is 3.66. The first-order valence-corrected chi connectivity index (χ1v) is 7.14. The Morgan fingerprint density at radius 2 is 2.10 bits per heavy atom. The summed E-state index contributed by atoms with van der Waals surface area (Å²) in [5.74, 6) is 0. The summed E-state index contributed by atoms with van der Waals surface area (Å²) in [5.41, 5.74) is 8.49. The first-order chi connectivity index (χ1) is 9.29. The van der Waals surface area contributed by atoms with Gasteiger partial charge < -0.3 is 15.4 Å². The quantitative estimate of drug-likeness (QED) is 0.797. The summed E-state index contributed by atoms with van der Waals surface area (Å²) in [7, 11) is 0. The van der Waals surface area contributed by atoms with E-state index < -0.39 is 5.60 Å². The molecule has 1 aliphatic rings. The minimum atomic E-state index is -0.463. The van der Waals surface area contributed by atoms with Crippen molar-refractivity contribution in [2.75, 3.05) is 12.3 Å². The number of hydrogen-bond donors (Lipinski definition) is 1. The molecule has 0 radical (unpaired) electrons. The standard InChI is InChI=1S/C16H24N2O2/c1-11-12(7-5-8-13(11)17)14-9-6-10-18(14)15(19)20-16(2,3)4/h5,7-8,14H,6,9-10,17H2,1-4H3. The topological polar surface area (TPSA) is 55.6 Å². The number of nitrogens with two attached hydrogens (primary N) is 1. The maximum absolute atomic E-state index is 12.3.